The summed E-state index contributed by atoms with van der Waals surface area (Å²) < 4.78 is 25.5. The van der Waals surface area contributed by atoms with Crippen LogP contribution in [0.2, 0.25) is 0 Å². The fourth-order valence-electron chi connectivity index (χ4n) is 6.30. The van der Waals surface area contributed by atoms with Crippen molar-refractivity contribution in [3.8, 4) is 6.57 Å². The number of ether oxygens (including phenoxy) is 2. The molecule has 1 spiro atoms. The van der Waals surface area contributed by atoms with Crippen LogP contribution in [0.1, 0.15) is 31.4 Å². The van der Waals surface area contributed by atoms with Gasteiger partial charge in [0.2, 0.25) is 11.8 Å². The minimum atomic E-state index is -1.20. The zero-order valence-corrected chi connectivity index (χ0v) is 22.4. The van der Waals surface area contributed by atoms with Crippen LogP contribution in [0.25, 0.3) is 4.85 Å². The van der Waals surface area contributed by atoms with Crippen molar-refractivity contribution in [2.45, 2.75) is 68.3 Å². The van der Waals surface area contributed by atoms with Crippen molar-refractivity contribution >= 4 is 29.3 Å². The van der Waals surface area contributed by atoms with E-state index < -0.39 is 65.2 Å². The summed E-state index contributed by atoms with van der Waals surface area (Å²) in [5.74, 6) is -3.56. The maximum Gasteiger partial charge on any atom is 0.350 e. The van der Waals surface area contributed by atoms with Gasteiger partial charge < -0.3 is 25.4 Å². The third-order valence-electron chi connectivity index (χ3n) is 8.15. The number of fused-ring (bicyclic) bond motifs is 3. The second kappa shape index (κ2) is 9.64. The molecule has 212 valence electrons. The number of para-hydroxylation sites is 1. The predicted octanol–water partition coefficient (Wildman–Crippen LogP) is 1.28. The molecular weight excluding hydrogens is 533 g/mol. The Morgan fingerprint density at radius 2 is 1.98 bits per heavy atom. The fraction of sp³-hybridized carbons (Fsp3) is 0.414. The highest BCUT2D eigenvalue weighted by molar-refractivity contribution is 6.07. The van der Waals surface area contributed by atoms with E-state index in [2.05, 4.69) is 20.8 Å². The number of nitrogens with one attached hydrogen (secondary N) is 3. The van der Waals surface area contributed by atoms with E-state index in [0.29, 0.717) is 11.3 Å². The van der Waals surface area contributed by atoms with Gasteiger partial charge in [0, 0.05) is 18.7 Å². The van der Waals surface area contributed by atoms with Crippen molar-refractivity contribution in [3.05, 3.63) is 70.3 Å². The highest BCUT2D eigenvalue weighted by atomic mass is 19.1. The van der Waals surface area contributed by atoms with Gasteiger partial charge in [-0.25, -0.2) is 4.39 Å². The van der Waals surface area contributed by atoms with E-state index >= 15 is 0 Å². The number of hydrogen-bond donors (Lipinski definition) is 3. The summed E-state index contributed by atoms with van der Waals surface area (Å²) in [6.45, 7) is 8.99. The Morgan fingerprint density at radius 1 is 1.20 bits per heavy atom. The van der Waals surface area contributed by atoms with Crippen LogP contribution in [0.3, 0.4) is 0 Å². The molecule has 0 aromatic heterocycles. The molecular formula is C29H29FN5O6+. The number of carbonyl (C=O) groups excluding carboxylic acids is 4. The lowest BCUT2D eigenvalue weighted by Gasteiger charge is -2.27. The SMILES string of the molecule is C#[N+][C@@H]1C[C@@]2(CN1C(=O)[C@H](Cc1cccc(F)c1)NC(=O)[C@H]1NC(=O)[C@H]3OC(C)(C)O[C@@H]13)C(=O)Nc1ccccc12. The van der Waals surface area contributed by atoms with Gasteiger partial charge in [0.25, 0.3) is 18.4 Å². The molecule has 41 heavy (non-hydrogen) atoms. The largest absolute Gasteiger partial charge is 0.350 e. The highest BCUT2D eigenvalue weighted by Crippen LogP contribution is 2.46. The van der Waals surface area contributed by atoms with Gasteiger partial charge in [-0.1, -0.05) is 35.2 Å². The first kappa shape index (κ1) is 26.9. The van der Waals surface area contributed by atoms with Crippen LogP contribution in [0.4, 0.5) is 10.1 Å². The normalized spacial score (nSPS) is 29.9. The lowest BCUT2D eigenvalue weighted by Crippen LogP contribution is -2.56. The molecule has 0 aliphatic carbocycles. The minimum Gasteiger partial charge on any atom is -0.342 e. The topological polar surface area (TPSA) is 130 Å². The molecule has 6 atom stereocenters. The first-order chi connectivity index (χ1) is 19.5. The average Bonchev–Trinajstić information content (AvgIpc) is 3.64. The van der Waals surface area contributed by atoms with Gasteiger partial charge in [-0.2, -0.15) is 0 Å². The Balaban J connectivity index is 1.29. The van der Waals surface area contributed by atoms with Crippen molar-refractivity contribution in [1.29, 1.82) is 0 Å². The number of hydrogen-bond acceptors (Lipinski definition) is 6. The molecule has 2 aromatic rings. The van der Waals surface area contributed by atoms with Crippen molar-refractivity contribution in [2.75, 3.05) is 11.9 Å². The second-order valence-corrected chi connectivity index (χ2v) is 11.3. The Kier molecular flexibility index (Phi) is 6.32. The monoisotopic (exact) mass is 562 g/mol. The smallest absolute Gasteiger partial charge is 0.342 e. The molecule has 4 amide bonds. The Hall–Kier alpha value is -4.34. The summed E-state index contributed by atoms with van der Waals surface area (Å²) in [7, 11) is 0. The molecule has 6 rings (SSSR count). The first-order valence-electron chi connectivity index (χ1n) is 13.3. The lowest BCUT2D eigenvalue weighted by molar-refractivity contribution is -0.164. The van der Waals surface area contributed by atoms with Crippen molar-refractivity contribution in [1.82, 2.24) is 15.5 Å². The average molecular weight is 563 g/mol. The van der Waals surface area contributed by atoms with Gasteiger partial charge in [0.15, 0.2) is 11.9 Å². The summed E-state index contributed by atoms with van der Waals surface area (Å²) in [4.78, 5) is 58.7. The summed E-state index contributed by atoms with van der Waals surface area (Å²) in [5, 5.41) is 8.19. The van der Waals surface area contributed by atoms with E-state index in [0.717, 1.165) is 5.56 Å². The Labute approximate surface area is 235 Å². The van der Waals surface area contributed by atoms with E-state index in [1.807, 2.05) is 12.1 Å². The van der Waals surface area contributed by atoms with Crippen LogP contribution in [0, 0.1) is 12.4 Å². The van der Waals surface area contributed by atoms with Crippen LogP contribution in [0.5, 0.6) is 0 Å². The summed E-state index contributed by atoms with van der Waals surface area (Å²) in [6, 6.07) is 10.6. The van der Waals surface area contributed by atoms with E-state index in [4.69, 9.17) is 16.0 Å². The standard InChI is InChI=1S/C29H28FN5O6/c1-28(2)40-22-21(34-25(37)23(22)41-28)24(36)32-19(12-15-7-6-8-16(30)11-15)26(38)35-14-29(13-20(35)31-3)17-9-4-5-10-18(17)33-27(29)39/h3-11,19-23H,12-14H2,1-2H3,(H2-,32,33,34,36,37,39)/p+1/t19-,20-,21-,22-,23-,29-/m0/s1. The molecule has 3 saturated heterocycles. The van der Waals surface area contributed by atoms with Crippen LogP contribution in [-0.2, 0) is 40.5 Å². The van der Waals surface area contributed by atoms with Crippen LogP contribution < -0.4 is 16.0 Å². The quantitative estimate of drug-likeness (QED) is 0.504. The van der Waals surface area contributed by atoms with E-state index in [1.165, 1.54) is 23.1 Å². The number of rotatable bonds is 5. The molecule has 3 N–H and O–H groups in total. The summed E-state index contributed by atoms with van der Waals surface area (Å²) in [5.41, 5.74) is 0.777. The number of anilines is 1. The van der Waals surface area contributed by atoms with E-state index in [9.17, 15) is 23.6 Å². The third-order valence-corrected chi connectivity index (χ3v) is 8.15. The molecule has 4 aliphatic rings. The van der Waals surface area contributed by atoms with Gasteiger partial charge in [-0.05, 0) is 43.2 Å². The van der Waals surface area contributed by atoms with Crippen molar-refractivity contribution < 1.29 is 33.0 Å². The Bertz CT molecular complexity index is 1510. The molecule has 12 heteroatoms. The Morgan fingerprint density at radius 3 is 2.73 bits per heavy atom. The lowest BCUT2D eigenvalue weighted by atomic mass is 9.80. The zero-order valence-electron chi connectivity index (χ0n) is 22.4. The molecule has 3 fully saturated rings. The molecule has 0 bridgehead atoms. The molecule has 2 aromatic carbocycles. The minimum absolute atomic E-state index is 0.0222. The van der Waals surface area contributed by atoms with Gasteiger partial charge in [0.1, 0.15) is 29.4 Å². The number of nitrogens with zero attached hydrogens (tertiary/aromatic N) is 2. The summed E-state index contributed by atoms with van der Waals surface area (Å²) in [6.07, 6.45) is -2.64. The first-order valence-corrected chi connectivity index (χ1v) is 13.3. The number of benzene rings is 2. The zero-order chi connectivity index (χ0) is 29.1. The van der Waals surface area contributed by atoms with Crippen LogP contribution in [0.15, 0.2) is 48.5 Å². The number of carbonyl (C=O) groups is 4. The third kappa shape index (κ3) is 4.51. The molecule has 0 saturated carbocycles. The highest BCUT2D eigenvalue weighted by Gasteiger charge is 2.61. The molecule has 0 radical (unpaired) electrons. The predicted molar refractivity (Wildman–Crippen MR) is 143 cm³/mol. The van der Waals surface area contributed by atoms with E-state index in [-0.39, 0.29) is 25.3 Å². The van der Waals surface area contributed by atoms with Crippen LogP contribution in [-0.4, -0.2) is 71.3 Å². The maximum absolute atomic E-state index is 14.1. The van der Waals surface area contributed by atoms with Crippen LogP contribution >= 0.6 is 0 Å². The molecule has 4 aliphatic heterocycles. The molecule has 0 unspecified atom stereocenters. The molecule has 11 nitrogen and oxygen atoms in total. The fourth-order valence-corrected chi connectivity index (χ4v) is 6.30. The number of likely N-dealkylation sites (tertiary alicyclic amines) is 1. The van der Waals surface area contributed by atoms with Gasteiger partial charge >= 0.3 is 6.17 Å². The number of amides is 4. The summed E-state index contributed by atoms with van der Waals surface area (Å²) >= 11 is 0. The second-order valence-electron chi connectivity index (χ2n) is 11.3. The van der Waals surface area contributed by atoms with Crippen molar-refractivity contribution in [3.63, 3.8) is 0 Å². The maximum atomic E-state index is 14.1. The number of halogens is 1. The van der Waals surface area contributed by atoms with Gasteiger partial charge in [0.05, 0.1) is 6.42 Å². The van der Waals surface area contributed by atoms with Gasteiger partial charge in [-0.15, -0.1) is 0 Å². The van der Waals surface area contributed by atoms with Crippen molar-refractivity contribution in [2.24, 2.45) is 0 Å². The van der Waals surface area contributed by atoms with E-state index in [1.54, 1.807) is 32.0 Å². The molecule has 4 heterocycles. The van der Waals surface area contributed by atoms with Gasteiger partial charge in [-0.3, -0.25) is 24.1 Å².